The van der Waals surface area contributed by atoms with Crippen LogP contribution < -0.4 is 0 Å². The topological polar surface area (TPSA) is 3.24 Å². The van der Waals surface area contributed by atoms with Gasteiger partial charge in [0.2, 0.25) is 0 Å². The molecule has 1 saturated heterocycles. The fourth-order valence-corrected chi connectivity index (χ4v) is 8.43. The standard InChI is InChI=1S/C52H46F3N/c1-37-9-11-38(12-10-37)39-13-15-41(16-14-39)44-23-29-48(30-24-44)51(52(53,54)55,47-7-5-4-6-8-47)49-31-25-45(26-32-49)42-19-17-40(18-20-42)43-21-27-46(28-22-43)50(2)33-35-56(3)36-34-50/h4-32H,33-36H2,1-3H3. The van der Waals surface area contributed by atoms with Crippen molar-refractivity contribution in [3.63, 3.8) is 0 Å². The molecule has 0 spiro atoms. The van der Waals surface area contributed by atoms with E-state index in [2.05, 4.69) is 111 Å². The molecule has 0 N–H and O–H groups in total. The van der Waals surface area contributed by atoms with Crippen LogP contribution >= 0.6 is 0 Å². The molecule has 56 heavy (non-hydrogen) atoms. The first-order valence-electron chi connectivity index (χ1n) is 19.4. The molecule has 1 atom stereocenters. The van der Waals surface area contributed by atoms with E-state index in [0.29, 0.717) is 0 Å². The van der Waals surface area contributed by atoms with E-state index in [1.165, 1.54) is 11.1 Å². The molecule has 0 saturated carbocycles. The highest BCUT2D eigenvalue weighted by Gasteiger charge is 2.58. The number of likely N-dealkylation sites (tertiary alicyclic amines) is 1. The average molecular weight is 742 g/mol. The van der Waals surface area contributed by atoms with Crippen molar-refractivity contribution in [3.8, 4) is 44.5 Å². The molecule has 1 unspecified atom stereocenters. The fourth-order valence-electron chi connectivity index (χ4n) is 8.43. The van der Waals surface area contributed by atoms with Gasteiger partial charge in [-0.3, -0.25) is 0 Å². The van der Waals surface area contributed by atoms with E-state index < -0.39 is 11.6 Å². The van der Waals surface area contributed by atoms with Crippen LogP contribution in [0.5, 0.6) is 0 Å². The van der Waals surface area contributed by atoms with Crippen LogP contribution in [-0.2, 0) is 10.8 Å². The van der Waals surface area contributed by atoms with Gasteiger partial charge in [0.25, 0.3) is 0 Å². The maximum atomic E-state index is 15.9. The summed E-state index contributed by atoms with van der Waals surface area (Å²) < 4.78 is 47.6. The maximum absolute atomic E-state index is 15.9. The number of hydrogen-bond acceptors (Lipinski definition) is 1. The molecule has 1 nitrogen and oxygen atoms in total. The highest BCUT2D eigenvalue weighted by molar-refractivity contribution is 5.73. The lowest BCUT2D eigenvalue weighted by atomic mass is 9.68. The first kappa shape index (κ1) is 37.2. The lowest BCUT2D eigenvalue weighted by Crippen LogP contribution is -2.44. The zero-order valence-electron chi connectivity index (χ0n) is 32.2. The highest BCUT2D eigenvalue weighted by Crippen LogP contribution is 2.51. The summed E-state index contributed by atoms with van der Waals surface area (Å²) in [4.78, 5) is 2.40. The molecule has 8 rings (SSSR count). The summed E-state index contributed by atoms with van der Waals surface area (Å²) in [5.41, 5.74) is 9.01. The smallest absolute Gasteiger partial charge is 0.306 e. The van der Waals surface area contributed by atoms with Gasteiger partial charge < -0.3 is 4.90 Å². The van der Waals surface area contributed by atoms with Crippen molar-refractivity contribution in [2.45, 2.75) is 43.7 Å². The Morgan fingerprint density at radius 2 is 0.732 bits per heavy atom. The van der Waals surface area contributed by atoms with Crippen molar-refractivity contribution in [3.05, 3.63) is 204 Å². The zero-order valence-corrected chi connectivity index (χ0v) is 32.2. The molecular formula is C52H46F3N. The average Bonchev–Trinajstić information content (AvgIpc) is 3.23. The van der Waals surface area contributed by atoms with E-state index in [9.17, 15) is 0 Å². The molecule has 0 radical (unpaired) electrons. The summed E-state index contributed by atoms with van der Waals surface area (Å²) in [6.45, 7) is 6.66. The van der Waals surface area contributed by atoms with Crippen LogP contribution in [0, 0.1) is 6.92 Å². The van der Waals surface area contributed by atoms with Crippen LogP contribution in [0.2, 0.25) is 0 Å². The zero-order chi connectivity index (χ0) is 38.9. The largest absolute Gasteiger partial charge is 0.406 e. The molecule has 7 aromatic rings. The lowest BCUT2D eigenvalue weighted by molar-refractivity contribution is -0.166. The monoisotopic (exact) mass is 741 g/mol. The quantitative estimate of drug-likeness (QED) is 0.140. The number of hydrogen-bond donors (Lipinski definition) is 0. The van der Waals surface area contributed by atoms with Gasteiger partial charge in [0.1, 0.15) is 5.41 Å². The number of benzene rings is 7. The Morgan fingerprint density at radius 1 is 0.429 bits per heavy atom. The predicted octanol–water partition coefficient (Wildman–Crippen LogP) is 13.5. The van der Waals surface area contributed by atoms with E-state index in [-0.39, 0.29) is 22.1 Å². The molecule has 0 amide bonds. The van der Waals surface area contributed by atoms with Crippen LogP contribution in [0.25, 0.3) is 44.5 Å². The Kier molecular flexibility index (Phi) is 10.0. The van der Waals surface area contributed by atoms with E-state index in [1.807, 2.05) is 24.3 Å². The Bertz CT molecular complexity index is 2370. The second-order valence-electron chi connectivity index (χ2n) is 15.7. The molecular weight excluding hydrogens is 696 g/mol. The molecule has 4 heteroatoms. The van der Waals surface area contributed by atoms with Crippen molar-refractivity contribution < 1.29 is 13.2 Å². The number of rotatable bonds is 8. The van der Waals surface area contributed by atoms with E-state index in [1.54, 1.807) is 66.7 Å². The Balaban J connectivity index is 1.08. The molecule has 7 aromatic carbocycles. The van der Waals surface area contributed by atoms with Crippen molar-refractivity contribution in [1.29, 1.82) is 0 Å². The van der Waals surface area contributed by atoms with Gasteiger partial charge in [-0.15, -0.1) is 0 Å². The number of nitrogens with zero attached hydrogens (tertiary/aromatic N) is 1. The van der Waals surface area contributed by atoms with Gasteiger partial charge >= 0.3 is 6.18 Å². The van der Waals surface area contributed by atoms with Crippen LogP contribution in [0.4, 0.5) is 13.2 Å². The summed E-state index contributed by atoms with van der Waals surface area (Å²) in [5, 5.41) is 0. The van der Waals surface area contributed by atoms with E-state index >= 15 is 13.2 Å². The SMILES string of the molecule is Cc1ccc(-c2ccc(-c3ccc(C(c4ccccc4)(c4ccc(-c5ccc(-c6ccc(C7(C)CCN(C)CC7)cc6)cc5)cc4)C(F)(F)F)cc3)cc2)cc1. The molecule has 0 aliphatic carbocycles. The normalized spacial score (nSPS) is 15.6. The number of piperidine rings is 1. The van der Waals surface area contributed by atoms with Gasteiger partial charge in [0, 0.05) is 0 Å². The molecule has 1 aliphatic rings. The number of alkyl halides is 3. The third-order valence-electron chi connectivity index (χ3n) is 12.1. The summed E-state index contributed by atoms with van der Waals surface area (Å²) in [6, 6.07) is 55.8. The van der Waals surface area contributed by atoms with Gasteiger partial charge in [-0.25, -0.2) is 0 Å². The first-order valence-corrected chi connectivity index (χ1v) is 19.4. The van der Waals surface area contributed by atoms with Crippen molar-refractivity contribution >= 4 is 0 Å². The third kappa shape index (κ3) is 7.10. The minimum atomic E-state index is -4.63. The minimum Gasteiger partial charge on any atom is -0.306 e. The second-order valence-corrected chi connectivity index (χ2v) is 15.7. The Morgan fingerprint density at radius 3 is 1.09 bits per heavy atom. The second kappa shape index (κ2) is 15.1. The lowest BCUT2D eigenvalue weighted by Gasteiger charge is -2.38. The number of halogens is 3. The molecule has 280 valence electrons. The van der Waals surface area contributed by atoms with Crippen LogP contribution in [0.3, 0.4) is 0 Å². The van der Waals surface area contributed by atoms with Crippen LogP contribution in [0.1, 0.15) is 47.6 Å². The van der Waals surface area contributed by atoms with Crippen LogP contribution in [-0.4, -0.2) is 31.2 Å². The molecule has 0 bridgehead atoms. The first-order chi connectivity index (χ1) is 27.0. The summed E-state index contributed by atoms with van der Waals surface area (Å²) >= 11 is 0. The predicted molar refractivity (Wildman–Crippen MR) is 226 cm³/mol. The fraction of sp³-hybridized carbons (Fsp3) is 0.192. The number of aryl methyl sites for hydroxylation is 1. The van der Waals surface area contributed by atoms with Gasteiger partial charge in [0.15, 0.2) is 0 Å². The molecule has 1 heterocycles. The van der Waals surface area contributed by atoms with Gasteiger partial charge in [-0.05, 0) is 112 Å². The van der Waals surface area contributed by atoms with Crippen molar-refractivity contribution in [2.24, 2.45) is 0 Å². The van der Waals surface area contributed by atoms with Crippen molar-refractivity contribution in [2.75, 3.05) is 20.1 Å². The van der Waals surface area contributed by atoms with Gasteiger partial charge in [-0.2, -0.15) is 13.2 Å². The summed E-state index contributed by atoms with van der Waals surface area (Å²) in [5.74, 6) is 0. The van der Waals surface area contributed by atoms with Crippen LogP contribution in [0.15, 0.2) is 176 Å². The molecule has 1 fully saturated rings. The Labute approximate surface area is 329 Å². The molecule has 1 aliphatic heterocycles. The highest BCUT2D eigenvalue weighted by atomic mass is 19.4. The maximum Gasteiger partial charge on any atom is 0.406 e. The Hall–Kier alpha value is -5.71. The van der Waals surface area contributed by atoms with Gasteiger partial charge in [-0.1, -0.05) is 188 Å². The summed E-state index contributed by atoms with van der Waals surface area (Å²) in [6.07, 6.45) is -2.32. The third-order valence-corrected chi connectivity index (χ3v) is 12.1. The summed E-state index contributed by atoms with van der Waals surface area (Å²) in [7, 11) is 2.19. The molecule has 0 aromatic heterocycles. The van der Waals surface area contributed by atoms with Crippen molar-refractivity contribution in [1.82, 2.24) is 4.90 Å². The minimum absolute atomic E-state index is 0.171. The van der Waals surface area contributed by atoms with Gasteiger partial charge in [0.05, 0.1) is 0 Å². The van der Waals surface area contributed by atoms with E-state index in [4.69, 9.17) is 0 Å². The van der Waals surface area contributed by atoms with E-state index in [0.717, 1.165) is 70.4 Å².